The first-order valence-electron chi connectivity index (χ1n) is 5.43. The molecule has 0 aliphatic heterocycles. The van der Waals surface area contributed by atoms with Crippen molar-refractivity contribution in [3.05, 3.63) is 35.7 Å². The third-order valence-electron chi connectivity index (χ3n) is 2.57. The molecule has 0 unspecified atom stereocenters. The summed E-state index contributed by atoms with van der Waals surface area (Å²) < 4.78 is 12.0. The minimum absolute atomic E-state index is 0.314. The van der Waals surface area contributed by atoms with Gasteiger partial charge >= 0.3 is 0 Å². The minimum atomic E-state index is 0.314. The molecule has 0 aliphatic carbocycles. The molecule has 5 nitrogen and oxygen atoms in total. The van der Waals surface area contributed by atoms with Crippen LogP contribution < -0.4 is 4.74 Å². The summed E-state index contributed by atoms with van der Waals surface area (Å²) in [5.74, 6) is 1.11. The molecule has 2 aromatic rings. The van der Waals surface area contributed by atoms with E-state index in [2.05, 4.69) is 10.3 Å². The summed E-state index contributed by atoms with van der Waals surface area (Å²) in [5.41, 5.74) is 2.48. The number of alkyl halides is 1. The van der Waals surface area contributed by atoms with Crippen molar-refractivity contribution < 1.29 is 9.47 Å². The number of nitrogens with zero attached hydrogens (tertiary/aromatic N) is 3. The molecular weight excluding hydrogens is 254 g/mol. The van der Waals surface area contributed by atoms with E-state index in [1.165, 1.54) is 0 Å². The van der Waals surface area contributed by atoms with Gasteiger partial charge in [-0.25, -0.2) is 4.68 Å². The summed E-state index contributed by atoms with van der Waals surface area (Å²) in [6, 6.07) is 7.55. The fraction of sp³-hybridized carbons (Fsp3) is 0.333. The van der Waals surface area contributed by atoms with Crippen LogP contribution in [0.5, 0.6) is 5.75 Å². The van der Waals surface area contributed by atoms with Gasteiger partial charge < -0.3 is 9.47 Å². The van der Waals surface area contributed by atoms with E-state index in [-0.39, 0.29) is 0 Å². The van der Waals surface area contributed by atoms with Crippen LogP contribution in [0.15, 0.2) is 24.3 Å². The second kappa shape index (κ2) is 5.84. The Kier molecular flexibility index (Phi) is 4.17. The van der Waals surface area contributed by atoms with Crippen molar-refractivity contribution in [1.82, 2.24) is 15.0 Å². The van der Waals surface area contributed by atoms with Gasteiger partial charge in [0.15, 0.2) is 0 Å². The van der Waals surface area contributed by atoms with E-state index in [4.69, 9.17) is 21.1 Å². The molecule has 0 radical (unpaired) electrons. The third kappa shape index (κ3) is 2.47. The molecule has 1 heterocycles. The van der Waals surface area contributed by atoms with E-state index in [1.807, 2.05) is 24.3 Å². The van der Waals surface area contributed by atoms with Gasteiger partial charge in [0.2, 0.25) is 0 Å². The van der Waals surface area contributed by atoms with Crippen molar-refractivity contribution in [3.63, 3.8) is 0 Å². The monoisotopic (exact) mass is 267 g/mol. The number of ether oxygens (including phenoxy) is 2. The van der Waals surface area contributed by atoms with Gasteiger partial charge in [-0.1, -0.05) is 5.21 Å². The average molecular weight is 268 g/mol. The van der Waals surface area contributed by atoms with Gasteiger partial charge in [-0.2, -0.15) is 0 Å². The average Bonchev–Trinajstić information content (AvgIpc) is 2.82. The zero-order chi connectivity index (χ0) is 13.0. The second-order valence-electron chi connectivity index (χ2n) is 3.66. The number of aromatic nitrogens is 3. The molecule has 0 amide bonds. The van der Waals surface area contributed by atoms with Crippen LogP contribution in [0.1, 0.15) is 11.4 Å². The van der Waals surface area contributed by atoms with Crippen molar-refractivity contribution in [1.29, 1.82) is 0 Å². The van der Waals surface area contributed by atoms with Crippen LogP contribution >= 0.6 is 11.6 Å². The fourth-order valence-corrected chi connectivity index (χ4v) is 1.86. The molecular formula is C12H14ClN3O2. The number of rotatable bonds is 5. The topological polar surface area (TPSA) is 49.2 Å². The van der Waals surface area contributed by atoms with Gasteiger partial charge in [0, 0.05) is 7.11 Å². The van der Waals surface area contributed by atoms with E-state index in [0.717, 1.165) is 22.8 Å². The maximum atomic E-state index is 5.82. The third-order valence-corrected chi connectivity index (χ3v) is 2.82. The highest BCUT2D eigenvalue weighted by Gasteiger charge is 2.13. The van der Waals surface area contributed by atoms with Crippen molar-refractivity contribution in [3.8, 4) is 11.4 Å². The minimum Gasteiger partial charge on any atom is -0.497 e. The molecule has 0 bridgehead atoms. The molecule has 0 N–H and O–H groups in total. The van der Waals surface area contributed by atoms with E-state index >= 15 is 0 Å². The lowest BCUT2D eigenvalue weighted by atomic mass is 10.3. The Morgan fingerprint density at radius 3 is 2.50 bits per heavy atom. The Labute approximate surface area is 110 Å². The van der Waals surface area contributed by atoms with Crippen molar-refractivity contribution in [2.75, 3.05) is 14.2 Å². The highest BCUT2D eigenvalue weighted by molar-refractivity contribution is 6.16. The first-order valence-corrected chi connectivity index (χ1v) is 5.96. The van der Waals surface area contributed by atoms with Crippen LogP contribution in [-0.2, 0) is 17.2 Å². The van der Waals surface area contributed by atoms with E-state index in [9.17, 15) is 0 Å². The molecule has 2 rings (SSSR count). The molecule has 0 saturated heterocycles. The first kappa shape index (κ1) is 12.9. The van der Waals surface area contributed by atoms with E-state index in [0.29, 0.717) is 12.5 Å². The lowest BCUT2D eigenvalue weighted by molar-refractivity contribution is 0.178. The zero-order valence-corrected chi connectivity index (χ0v) is 11.0. The van der Waals surface area contributed by atoms with Crippen LogP contribution in [0.2, 0.25) is 0 Å². The van der Waals surface area contributed by atoms with Gasteiger partial charge in [-0.05, 0) is 24.3 Å². The Bertz CT molecular complexity index is 511. The zero-order valence-electron chi connectivity index (χ0n) is 10.3. The molecule has 96 valence electrons. The standard InChI is InChI=1S/C12H14ClN3O2/c1-17-8-12-11(7-13)14-15-16(12)9-3-5-10(18-2)6-4-9/h3-6H,7-8H2,1-2H3. The van der Waals surface area contributed by atoms with Crippen LogP contribution in [0.25, 0.3) is 5.69 Å². The van der Waals surface area contributed by atoms with Gasteiger partial charge in [0.1, 0.15) is 11.4 Å². The Balaban J connectivity index is 2.39. The number of halogens is 1. The highest BCUT2D eigenvalue weighted by Crippen LogP contribution is 2.18. The predicted octanol–water partition coefficient (Wildman–Crippen LogP) is 2.16. The smallest absolute Gasteiger partial charge is 0.119 e. The molecule has 0 spiro atoms. The van der Waals surface area contributed by atoms with Crippen LogP contribution in [0.3, 0.4) is 0 Å². The number of hydrogen-bond acceptors (Lipinski definition) is 4. The van der Waals surface area contributed by atoms with E-state index < -0.39 is 0 Å². The Hall–Kier alpha value is -1.59. The normalized spacial score (nSPS) is 10.6. The van der Waals surface area contributed by atoms with E-state index in [1.54, 1.807) is 18.9 Å². The van der Waals surface area contributed by atoms with Crippen molar-refractivity contribution in [2.45, 2.75) is 12.5 Å². The lowest BCUT2D eigenvalue weighted by Crippen LogP contribution is -2.04. The highest BCUT2D eigenvalue weighted by atomic mass is 35.5. The molecule has 1 aromatic heterocycles. The molecule has 0 aliphatic rings. The second-order valence-corrected chi connectivity index (χ2v) is 3.93. The molecule has 6 heteroatoms. The Morgan fingerprint density at radius 2 is 1.94 bits per heavy atom. The number of hydrogen-bond donors (Lipinski definition) is 0. The van der Waals surface area contributed by atoms with Crippen molar-refractivity contribution >= 4 is 11.6 Å². The lowest BCUT2D eigenvalue weighted by Gasteiger charge is -2.07. The largest absolute Gasteiger partial charge is 0.497 e. The molecule has 18 heavy (non-hydrogen) atoms. The number of benzene rings is 1. The van der Waals surface area contributed by atoms with Crippen LogP contribution in [0.4, 0.5) is 0 Å². The quantitative estimate of drug-likeness (QED) is 0.779. The summed E-state index contributed by atoms with van der Waals surface area (Å²) >= 11 is 5.82. The van der Waals surface area contributed by atoms with Crippen LogP contribution in [0, 0.1) is 0 Å². The van der Waals surface area contributed by atoms with Gasteiger partial charge in [0.25, 0.3) is 0 Å². The summed E-state index contributed by atoms with van der Waals surface area (Å²) in [6.07, 6.45) is 0. The number of methoxy groups -OCH3 is 2. The predicted molar refractivity (Wildman–Crippen MR) is 68.2 cm³/mol. The summed E-state index contributed by atoms with van der Waals surface area (Å²) in [4.78, 5) is 0. The maximum absolute atomic E-state index is 5.82. The molecule has 1 aromatic carbocycles. The summed E-state index contributed by atoms with van der Waals surface area (Å²) in [7, 11) is 3.26. The molecule has 0 atom stereocenters. The van der Waals surface area contributed by atoms with Gasteiger partial charge in [-0.15, -0.1) is 16.7 Å². The fourth-order valence-electron chi connectivity index (χ4n) is 1.65. The summed E-state index contributed by atoms with van der Waals surface area (Å²) in [5, 5.41) is 8.13. The summed E-state index contributed by atoms with van der Waals surface area (Å²) in [6.45, 7) is 0.418. The van der Waals surface area contributed by atoms with Gasteiger partial charge in [0.05, 0.1) is 31.0 Å². The van der Waals surface area contributed by atoms with Gasteiger partial charge in [-0.3, -0.25) is 0 Å². The van der Waals surface area contributed by atoms with Crippen LogP contribution in [-0.4, -0.2) is 29.2 Å². The molecule has 0 saturated carbocycles. The SMILES string of the molecule is COCc1c(CCl)nnn1-c1ccc(OC)cc1. The van der Waals surface area contributed by atoms with Crippen molar-refractivity contribution in [2.24, 2.45) is 0 Å². The molecule has 0 fully saturated rings. The first-order chi connectivity index (χ1) is 8.80. The maximum Gasteiger partial charge on any atom is 0.119 e. The Morgan fingerprint density at radius 1 is 1.22 bits per heavy atom.